The summed E-state index contributed by atoms with van der Waals surface area (Å²) in [6.07, 6.45) is 0. The Morgan fingerprint density at radius 3 is 2.76 bits per heavy atom. The number of aromatic nitrogens is 2. The van der Waals surface area contributed by atoms with E-state index in [1.165, 1.54) is 4.88 Å². The Hall–Kier alpha value is -1.86. The summed E-state index contributed by atoms with van der Waals surface area (Å²) in [5.41, 5.74) is 2.38. The van der Waals surface area contributed by atoms with Gasteiger partial charge in [0.15, 0.2) is 0 Å². The Balaban J connectivity index is 1.94. The van der Waals surface area contributed by atoms with E-state index in [4.69, 9.17) is 0 Å². The first-order valence-corrected chi connectivity index (χ1v) is 7.63. The van der Waals surface area contributed by atoms with Crippen molar-refractivity contribution in [3.05, 3.63) is 33.8 Å². The van der Waals surface area contributed by atoms with Crippen molar-refractivity contribution >= 4 is 23.1 Å². The van der Waals surface area contributed by atoms with E-state index in [9.17, 15) is 4.79 Å². The van der Waals surface area contributed by atoms with Crippen LogP contribution >= 0.6 is 11.3 Å². The van der Waals surface area contributed by atoms with Crippen LogP contribution in [0.15, 0.2) is 17.5 Å². The van der Waals surface area contributed by atoms with Gasteiger partial charge in [-0.25, -0.2) is 4.79 Å². The molecule has 0 aliphatic carbocycles. The molecule has 114 valence electrons. The molecule has 0 aliphatic heterocycles. The van der Waals surface area contributed by atoms with Crippen LogP contribution in [0.3, 0.4) is 0 Å². The lowest BCUT2D eigenvalue weighted by atomic mass is 10.2. The fraction of sp³-hybridized carbons (Fsp3) is 0.429. The summed E-state index contributed by atoms with van der Waals surface area (Å²) in [5.74, 6) is 0. The zero-order valence-corrected chi connectivity index (χ0v) is 13.5. The molecule has 0 radical (unpaired) electrons. The molecule has 0 aromatic carbocycles. The first-order chi connectivity index (χ1) is 9.99. The van der Waals surface area contributed by atoms with Crippen LogP contribution in [0.1, 0.15) is 22.3 Å². The van der Waals surface area contributed by atoms with E-state index in [-0.39, 0.29) is 12.1 Å². The maximum absolute atomic E-state index is 12.0. The van der Waals surface area contributed by atoms with Crippen LogP contribution in [-0.4, -0.2) is 41.8 Å². The summed E-state index contributed by atoms with van der Waals surface area (Å²) >= 11 is 1.69. The van der Waals surface area contributed by atoms with Gasteiger partial charge in [-0.1, -0.05) is 6.07 Å². The average Bonchev–Trinajstić information content (AvgIpc) is 3.04. The number of rotatable bonds is 5. The predicted molar refractivity (Wildman–Crippen MR) is 85.8 cm³/mol. The van der Waals surface area contributed by atoms with Gasteiger partial charge in [0.1, 0.15) is 0 Å². The van der Waals surface area contributed by atoms with E-state index in [0.717, 1.165) is 17.1 Å². The molecule has 0 aliphatic rings. The van der Waals surface area contributed by atoms with E-state index in [0.29, 0.717) is 6.54 Å². The molecule has 6 nitrogen and oxygen atoms in total. The van der Waals surface area contributed by atoms with Crippen molar-refractivity contribution in [2.45, 2.75) is 19.9 Å². The van der Waals surface area contributed by atoms with Gasteiger partial charge in [0, 0.05) is 11.4 Å². The second-order valence-corrected chi connectivity index (χ2v) is 6.12. The molecule has 2 rings (SSSR count). The van der Waals surface area contributed by atoms with Crippen LogP contribution in [0.25, 0.3) is 0 Å². The Morgan fingerprint density at radius 2 is 2.24 bits per heavy atom. The van der Waals surface area contributed by atoms with Gasteiger partial charge in [-0.05, 0) is 39.4 Å². The Labute approximate surface area is 128 Å². The molecule has 1 atom stereocenters. The average molecular weight is 307 g/mol. The van der Waals surface area contributed by atoms with Crippen LogP contribution in [0.2, 0.25) is 0 Å². The molecule has 0 spiro atoms. The smallest absolute Gasteiger partial charge is 0.319 e. The lowest BCUT2D eigenvalue weighted by Gasteiger charge is -2.23. The van der Waals surface area contributed by atoms with Gasteiger partial charge in [-0.2, -0.15) is 5.10 Å². The molecule has 0 bridgehead atoms. The van der Waals surface area contributed by atoms with E-state index in [2.05, 4.69) is 31.8 Å². The molecule has 2 aromatic heterocycles. The highest BCUT2D eigenvalue weighted by atomic mass is 32.1. The molecule has 2 heterocycles. The van der Waals surface area contributed by atoms with Crippen LogP contribution in [-0.2, 0) is 0 Å². The van der Waals surface area contributed by atoms with Gasteiger partial charge in [0.2, 0.25) is 0 Å². The molecular formula is C14H21N5OS. The molecule has 3 N–H and O–H groups in total. The van der Waals surface area contributed by atoms with Gasteiger partial charge in [-0.3, -0.25) is 5.10 Å². The molecule has 0 unspecified atom stereocenters. The fourth-order valence-electron chi connectivity index (χ4n) is 2.10. The number of hydrogen-bond acceptors (Lipinski definition) is 4. The molecule has 7 heteroatoms. The van der Waals surface area contributed by atoms with E-state index in [1.807, 2.05) is 39.4 Å². The number of nitrogens with one attached hydrogen (secondary N) is 3. The van der Waals surface area contributed by atoms with E-state index < -0.39 is 0 Å². The van der Waals surface area contributed by atoms with E-state index >= 15 is 0 Å². The second kappa shape index (κ2) is 6.73. The number of hydrogen-bond donors (Lipinski definition) is 3. The number of H-pyrrole nitrogens is 1. The van der Waals surface area contributed by atoms with Gasteiger partial charge < -0.3 is 15.5 Å². The number of urea groups is 1. The minimum Gasteiger partial charge on any atom is -0.336 e. The number of aryl methyl sites for hydroxylation is 2. The van der Waals surface area contributed by atoms with Crippen molar-refractivity contribution in [2.75, 3.05) is 26.0 Å². The highest BCUT2D eigenvalue weighted by molar-refractivity contribution is 7.10. The monoisotopic (exact) mass is 307 g/mol. The SMILES string of the molecule is Cc1n[nH]c(C)c1NC(=O)NC[C@@H](c1cccs1)N(C)C. The van der Waals surface area contributed by atoms with Gasteiger partial charge in [-0.15, -0.1) is 11.3 Å². The maximum atomic E-state index is 12.0. The highest BCUT2D eigenvalue weighted by Crippen LogP contribution is 2.22. The number of anilines is 1. The number of nitrogens with zero attached hydrogens (tertiary/aromatic N) is 2. The summed E-state index contributed by atoms with van der Waals surface area (Å²) in [4.78, 5) is 15.4. The van der Waals surface area contributed by atoms with Crippen molar-refractivity contribution in [3.8, 4) is 0 Å². The Bertz CT molecular complexity index is 571. The fourth-order valence-corrected chi connectivity index (χ4v) is 3.02. The maximum Gasteiger partial charge on any atom is 0.319 e. The largest absolute Gasteiger partial charge is 0.336 e. The van der Waals surface area contributed by atoms with Crippen molar-refractivity contribution in [1.82, 2.24) is 20.4 Å². The Kier molecular flexibility index (Phi) is 4.98. The molecular weight excluding hydrogens is 286 g/mol. The predicted octanol–water partition coefficient (Wildman–Crippen LogP) is 2.51. The van der Waals surface area contributed by atoms with Crippen molar-refractivity contribution in [3.63, 3.8) is 0 Å². The van der Waals surface area contributed by atoms with Crippen molar-refractivity contribution in [2.24, 2.45) is 0 Å². The van der Waals surface area contributed by atoms with Crippen LogP contribution in [0.4, 0.5) is 10.5 Å². The summed E-state index contributed by atoms with van der Waals surface area (Å²) in [5, 5.41) is 14.7. The highest BCUT2D eigenvalue weighted by Gasteiger charge is 2.17. The van der Waals surface area contributed by atoms with Crippen molar-refractivity contribution < 1.29 is 4.79 Å². The van der Waals surface area contributed by atoms with Crippen LogP contribution < -0.4 is 10.6 Å². The lowest BCUT2D eigenvalue weighted by Crippen LogP contribution is -2.36. The third-order valence-electron chi connectivity index (χ3n) is 3.32. The molecule has 2 aromatic rings. The summed E-state index contributed by atoms with van der Waals surface area (Å²) < 4.78 is 0. The van der Waals surface area contributed by atoms with Crippen LogP contribution in [0.5, 0.6) is 0 Å². The lowest BCUT2D eigenvalue weighted by molar-refractivity contribution is 0.244. The molecule has 0 saturated heterocycles. The quantitative estimate of drug-likeness (QED) is 0.794. The van der Waals surface area contributed by atoms with Gasteiger partial charge in [0.05, 0.1) is 23.1 Å². The number of likely N-dealkylation sites (N-methyl/N-ethyl adjacent to an activating group) is 1. The number of amides is 2. The number of thiophene rings is 1. The van der Waals surface area contributed by atoms with E-state index in [1.54, 1.807) is 11.3 Å². The molecule has 0 saturated carbocycles. The second-order valence-electron chi connectivity index (χ2n) is 5.14. The summed E-state index contributed by atoms with van der Waals surface area (Å²) in [6, 6.07) is 4.06. The minimum absolute atomic E-state index is 0.169. The third-order valence-corrected chi connectivity index (χ3v) is 4.29. The number of aromatic amines is 1. The molecule has 0 fully saturated rings. The molecule has 21 heavy (non-hydrogen) atoms. The standard InChI is InChI=1S/C14H21N5OS/c1-9-13(10(2)18-17-9)16-14(20)15-8-11(19(3)4)12-6-5-7-21-12/h5-7,11H,8H2,1-4H3,(H,17,18)(H2,15,16,20)/t11-/m0/s1. The third kappa shape index (κ3) is 3.83. The Morgan fingerprint density at radius 1 is 1.48 bits per heavy atom. The summed E-state index contributed by atoms with van der Waals surface area (Å²) in [6.45, 7) is 4.28. The van der Waals surface area contributed by atoms with Crippen LogP contribution in [0, 0.1) is 13.8 Å². The minimum atomic E-state index is -0.217. The summed E-state index contributed by atoms with van der Waals surface area (Å²) in [7, 11) is 4.02. The zero-order valence-electron chi connectivity index (χ0n) is 12.7. The first kappa shape index (κ1) is 15.5. The number of carbonyl (C=O) groups excluding carboxylic acids is 1. The van der Waals surface area contributed by atoms with Crippen molar-refractivity contribution in [1.29, 1.82) is 0 Å². The zero-order chi connectivity index (χ0) is 15.4. The first-order valence-electron chi connectivity index (χ1n) is 6.75. The molecule has 2 amide bonds. The normalized spacial score (nSPS) is 12.4. The number of carbonyl (C=O) groups is 1. The van der Waals surface area contributed by atoms with Gasteiger partial charge >= 0.3 is 6.03 Å². The topological polar surface area (TPSA) is 73.0 Å². The van der Waals surface area contributed by atoms with Gasteiger partial charge in [0.25, 0.3) is 0 Å².